The molecule has 10 aromatic carbocycles. The number of nitrogens with zero attached hydrogens (tertiary/aromatic N) is 2. The van der Waals surface area contributed by atoms with E-state index in [0.717, 1.165) is 61.3 Å². The van der Waals surface area contributed by atoms with Gasteiger partial charge in [-0.3, -0.25) is 0 Å². The number of anilines is 3. The van der Waals surface area contributed by atoms with E-state index in [2.05, 4.69) is 258 Å². The molecular formula is C60H42N2OSi. The number of rotatable bonds is 9. The fraction of sp³-hybridized carbons (Fsp3) is 0. The van der Waals surface area contributed by atoms with Gasteiger partial charge in [0.2, 0.25) is 0 Å². The van der Waals surface area contributed by atoms with Gasteiger partial charge in [-0.15, -0.1) is 0 Å². The summed E-state index contributed by atoms with van der Waals surface area (Å²) < 4.78 is 9.00. The summed E-state index contributed by atoms with van der Waals surface area (Å²) in [6, 6.07) is 92.9. The van der Waals surface area contributed by atoms with Crippen LogP contribution >= 0.6 is 0 Å². The molecule has 0 aliphatic heterocycles. The van der Waals surface area contributed by atoms with Crippen molar-refractivity contribution < 1.29 is 4.42 Å². The van der Waals surface area contributed by atoms with Gasteiger partial charge in [-0.25, -0.2) is 0 Å². The van der Waals surface area contributed by atoms with E-state index < -0.39 is 8.07 Å². The average Bonchev–Trinajstić information content (AvgIpc) is 3.93. The fourth-order valence-corrected chi connectivity index (χ4v) is 14.9. The lowest BCUT2D eigenvalue weighted by atomic mass is 10.0. The number of para-hydroxylation sites is 4. The molecule has 0 saturated heterocycles. The second-order valence-electron chi connectivity index (χ2n) is 16.4. The van der Waals surface area contributed by atoms with Gasteiger partial charge in [-0.05, 0) is 87.0 Å². The predicted octanol–water partition coefficient (Wildman–Crippen LogP) is 13.2. The van der Waals surface area contributed by atoms with Crippen molar-refractivity contribution in [3.63, 3.8) is 0 Å². The molecule has 0 saturated carbocycles. The van der Waals surface area contributed by atoms with Crippen molar-refractivity contribution >= 4 is 89.6 Å². The molecule has 4 heteroatoms. The Morgan fingerprint density at radius 1 is 0.375 bits per heavy atom. The van der Waals surface area contributed by atoms with Crippen LogP contribution in [0.3, 0.4) is 0 Å². The Morgan fingerprint density at radius 2 is 0.906 bits per heavy atom. The highest BCUT2D eigenvalue weighted by molar-refractivity contribution is 7.19. The Balaban J connectivity index is 1.11. The third kappa shape index (κ3) is 6.03. The molecule has 64 heavy (non-hydrogen) atoms. The SMILES string of the molecule is c1ccc(-n2c3ccccc3c3c(N(c4ccc([Si](c5ccccc5)(c5ccccc5)c5ccccc5)cc4)c4cccc(-c5cccc6c5oc5ccccc56)c4)cccc32)cc1. The van der Waals surface area contributed by atoms with Gasteiger partial charge in [0.05, 0.1) is 16.7 Å². The highest BCUT2D eigenvalue weighted by Gasteiger charge is 2.41. The van der Waals surface area contributed by atoms with Crippen molar-refractivity contribution in [2.75, 3.05) is 4.90 Å². The van der Waals surface area contributed by atoms with Crippen LogP contribution in [0.5, 0.6) is 0 Å². The van der Waals surface area contributed by atoms with E-state index in [1.54, 1.807) is 0 Å². The van der Waals surface area contributed by atoms with Crippen LogP contribution in [0.25, 0.3) is 60.6 Å². The first kappa shape index (κ1) is 37.6. The second kappa shape index (κ2) is 15.6. The number of benzene rings is 10. The number of aromatic nitrogens is 1. The van der Waals surface area contributed by atoms with E-state index in [0.29, 0.717) is 0 Å². The summed E-state index contributed by atoms with van der Waals surface area (Å²) in [7, 11) is -2.76. The zero-order valence-corrected chi connectivity index (χ0v) is 36.1. The van der Waals surface area contributed by atoms with Crippen LogP contribution in [0.1, 0.15) is 0 Å². The minimum atomic E-state index is -2.76. The Kier molecular flexibility index (Phi) is 9.17. The van der Waals surface area contributed by atoms with Crippen molar-refractivity contribution in [1.29, 1.82) is 0 Å². The van der Waals surface area contributed by atoms with Gasteiger partial charge in [-0.2, -0.15) is 0 Å². The van der Waals surface area contributed by atoms with Crippen molar-refractivity contribution in [1.82, 2.24) is 4.57 Å². The molecule has 0 amide bonds. The number of fused-ring (bicyclic) bond motifs is 6. The van der Waals surface area contributed by atoms with Gasteiger partial charge in [0.25, 0.3) is 0 Å². The molecule has 0 radical (unpaired) electrons. The quantitative estimate of drug-likeness (QED) is 0.107. The lowest BCUT2D eigenvalue weighted by Gasteiger charge is -2.35. The van der Waals surface area contributed by atoms with E-state index in [9.17, 15) is 0 Å². The van der Waals surface area contributed by atoms with Crippen LogP contribution in [0.4, 0.5) is 17.1 Å². The molecule has 3 nitrogen and oxygen atoms in total. The maximum absolute atomic E-state index is 6.60. The number of hydrogen-bond donors (Lipinski definition) is 0. The monoisotopic (exact) mass is 834 g/mol. The Hall–Kier alpha value is -8.18. The standard InChI is InChI=1S/C60H42N2OSi/c1-5-21-44(22-6-1)62-55-34-15-13-31-54(55)59-56(35-19-36-57(59)62)61(46-23-17-20-43(42-46)51-32-18-33-53-52-30-14-16-37-58(52)63-60(51)53)45-38-40-50(41-39-45)64(47-24-7-2-8-25-47,48-26-9-3-10-27-48)49-28-11-4-12-29-49/h1-42H. The molecule has 2 aromatic heterocycles. The third-order valence-corrected chi connectivity index (χ3v) is 17.7. The lowest BCUT2D eigenvalue weighted by Crippen LogP contribution is -2.74. The summed E-state index contributed by atoms with van der Waals surface area (Å²) in [6.07, 6.45) is 0. The predicted molar refractivity (Wildman–Crippen MR) is 272 cm³/mol. The summed E-state index contributed by atoms with van der Waals surface area (Å²) in [5, 5.41) is 10.0. The first-order valence-corrected chi connectivity index (χ1v) is 23.9. The van der Waals surface area contributed by atoms with E-state index in [-0.39, 0.29) is 0 Å². The summed E-state index contributed by atoms with van der Waals surface area (Å²) in [5.74, 6) is 0. The van der Waals surface area contributed by atoms with Gasteiger partial charge in [0.15, 0.2) is 8.07 Å². The van der Waals surface area contributed by atoms with Gasteiger partial charge in [-0.1, -0.05) is 194 Å². The van der Waals surface area contributed by atoms with Crippen LogP contribution in [0, 0.1) is 0 Å². The van der Waals surface area contributed by atoms with E-state index in [4.69, 9.17) is 4.42 Å². The zero-order chi connectivity index (χ0) is 42.5. The van der Waals surface area contributed by atoms with Crippen molar-refractivity contribution in [2.24, 2.45) is 0 Å². The molecule has 0 N–H and O–H groups in total. The molecule has 12 rings (SSSR count). The molecule has 302 valence electrons. The van der Waals surface area contributed by atoms with Crippen molar-refractivity contribution in [3.05, 3.63) is 255 Å². The molecule has 0 aliphatic carbocycles. The number of hydrogen-bond acceptors (Lipinski definition) is 2. The van der Waals surface area contributed by atoms with Gasteiger partial charge in [0, 0.05) is 44.2 Å². The molecular weight excluding hydrogens is 793 g/mol. The minimum Gasteiger partial charge on any atom is -0.455 e. The topological polar surface area (TPSA) is 21.3 Å². The van der Waals surface area contributed by atoms with Crippen LogP contribution < -0.4 is 25.6 Å². The van der Waals surface area contributed by atoms with E-state index >= 15 is 0 Å². The highest BCUT2D eigenvalue weighted by Crippen LogP contribution is 2.45. The zero-order valence-electron chi connectivity index (χ0n) is 35.1. The van der Waals surface area contributed by atoms with Crippen molar-refractivity contribution in [2.45, 2.75) is 0 Å². The normalized spacial score (nSPS) is 11.8. The van der Waals surface area contributed by atoms with Crippen LogP contribution in [-0.2, 0) is 0 Å². The van der Waals surface area contributed by atoms with Crippen LogP contribution in [0.15, 0.2) is 259 Å². The van der Waals surface area contributed by atoms with E-state index in [1.807, 2.05) is 6.07 Å². The maximum atomic E-state index is 6.60. The molecule has 0 aliphatic rings. The number of furan rings is 1. The third-order valence-electron chi connectivity index (χ3n) is 12.9. The molecule has 0 unspecified atom stereocenters. The summed E-state index contributed by atoms with van der Waals surface area (Å²) in [6.45, 7) is 0. The lowest BCUT2D eigenvalue weighted by molar-refractivity contribution is 0.670. The van der Waals surface area contributed by atoms with Gasteiger partial charge < -0.3 is 13.9 Å². The summed E-state index contributed by atoms with van der Waals surface area (Å²) in [4.78, 5) is 2.45. The molecule has 0 spiro atoms. The smallest absolute Gasteiger partial charge is 0.179 e. The maximum Gasteiger partial charge on any atom is 0.179 e. The molecule has 0 fully saturated rings. The minimum absolute atomic E-state index is 0.894. The Bertz CT molecular complexity index is 3500. The van der Waals surface area contributed by atoms with E-state index in [1.165, 1.54) is 37.0 Å². The second-order valence-corrected chi connectivity index (χ2v) is 20.2. The van der Waals surface area contributed by atoms with Crippen LogP contribution in [-0.4, -0.2) is 12.6 Å². The highest BCUT2D eigenvalue weighted by atomic mass is 28.3. The van der Waals surface area contributed by atoms with Crippen molar-refractivity contribution in [3.8, 4) is 16.8 Å². The Labute approximate surface area is 373 Å². The van der Waals surface area contributed by atoms with Crippen LogP contribution in [0.2, 0.25) is 0 Å². The Morgan fingerprint density at radius 3 is 1.59 bits per heavy atom. The molecule has 12 aromatic rings. The average molecular weight is 835 g/mol. The molecule has 2 heterocycles. The van der Waals surface area contributed by atoms with Gasteiger partial charge in [0.1, 0.15) is 11.2 Å². The fourth-order valence-electron chi connectivity index (χ4n) is 10.2. The first-order chi connectivity index (χ1) is 31.8. The summed E-state index contributed by atoms with van der Waals surface area (Å²) in [5.41, 5.74) is 10.6. The molecule has 0 bridgehead atoms. The van der Waals surface area contributed by atoms with Gasteiger partial charge >= 0.3 is 0 Å². The molecule has 0 atom stereocenters. The first-order valence-electron chi connectivity index (χ1n) is 21.9. The summed E-state index contributed by atoms with van der Waals surface area (Å²) >= 11 is 0. The largest absolute Gasteiger partial charge is 0.455 e.